The highest BCUT2D eigenvalue weighted by atomic mass is 31.2. The fourth-order valence-electron chi connectivity index (χ4n) is 10.3. The number of carbonyl (C=O) groups is 2. The molecule has 0 saturated carbocycles. The number of hydrogen-bond donors (Lipinski definition) is 1. The Morgan fingerprint density at radius 1 is 0.395 bits per heavy atom. The van der Waals surface area contributed by atoms with E-state index in [1.54, 1.807) is 0 Å². The molecule has 2 atom stereocenters. The highest BCUT2D eigenvalue weighted by Gasteiger charge is 2.27. The maximum atomic E-state index is 12.9. The van der Waals surface area contributed by atoms with Crippen molar-refractivity contribution in [3.05, 3.63) is 48.6 Å². The molecule has 0 aromatic heterocycles. The topological polar surface area (TPSA) is 108 Å². The summed E-state index contributed by atoms with van der Waals surface area (Å²) in [5, 5.41) is 0. The summed E-state index contributed by atoms with van der Waals surface area (Å²) in [6.45, 7) is 4.39. The summed E-state index contributed by atoms with van der Waals surface area (Å²) in [6.07, 6.45) is 80.8. The second kappa shape index (κ2) is 62.5. The number of phosphoric ester groups is 1. The third kappa shape index (κ3) is 67.0. The highest BCUT2D eigenvalue weighted by molar-refractivity contribution is 7.47. The molecular weight excluding hydrogens is 1030 g/mol. The Morgan fingerprint density at radius 2 is 0.704 bits per heavy atom. The SMILES string of the molecule is CC/C=C\C/C=C\C/C=C\C/C=C\CCCCCCCCCCCCCCCCCCCCC(=O)OC(COC(=O)CCCCCCCCCCCCCCCCCCCCCCCCCCCC)COP(=O)(O)OCC[N+](C)(C)C. The standard InChI is InChI=1S/C71H134NO8P/c1-6-8-10-12-14-16-18-20-22-24-26-28-30-32-34-35-36-37-38-40-42-44-46-48-50-52-54-56-58-60-62-64-71(74)80-69(68-79-81(75,76)78-66-65-72(3,4)5)67-77-70(73)63-61-59-57-55-53-51-49-47-45-43-41-39-33-31-29-27-25-23-21-19-17-15-13-11-9-7-2/h8,10,14,16,20,22,26,28,69H,6-7,9,11-13,15,17-19,21,23-25,27,29-68H2,1-5H3/p+1/b10-8-,16-14-,22-20-,28-26-. The second-order valence-corrected chi connectivity index (χ2v) is 26.4. The van der Waals surface area contributed by atoms with Gasteiger partial charge in [0.05, 0.1) is 27.7 Å². The van der Waals surface area contributed by atoms with Gasteiger partial charge >= 0.3 is 19.8 Å². The number of unbranched alkanes of at least 4 members (excludes halogenated alkanes) is 43. The predicted molar refractivity (Wildman–Crippen MR) is 349 cm³/mol. The summed E-state index contributed by atoms with van der Waals surface area (Å²) >= 11 is 0. The summed E-state index contributed by atoms with van der Waals surface area (Å²) in [5.41, 5.74) is 0. The molecule has 9 nitrogen and oxygen atoms in total. The van der Waals surface area contributed by atoms with Gasteiger partial charge in [-0.25, -0.2) is 4.57 Å². The number of carbonyl (C=O) groups excluding carboxylic acids is 2. The Morgan fingerprint density at radius 3 is 1.05 bits per heavy atom. The van der Waals surface area contributed by atoms with Crippen LogP contribution in [0.5, 0.6) is 0 Å². The Hall–Kier alpha value is -2.03. The first kappa shape index (κ1) is 79.0. The quantitative estimate of drug-likeness (QED) is 0.0211. The maximum absolute atomic E-state index is 12.9. The minimum absolute atomic E-state index is 0.0342. The van der Waals surface area contributed by atoms with E-state index in [0.717, 1.165) is 57.8 Å². The van der Waals surface area contributed by atoms with Crippen molar-refractivity contribution >= 4 is 19.8 Å². The smallest absolute Gasteiger partial charge is 0.462 e. The van der Waals surface area contributed by atoms with E-state index in [9.17, 15) is 19.0 Å². The Balaban J connectivity index is 4.00. The number of rotatable bonds is 65. The molecule has 0 aromatic carbocycles. The lowest BCUT2D eigenvalue weighted by molar-refractivity contribution is -0.870. The van der Waals surface area contributed by atoms with Crippen LogP contribution in [0.4, 0.5) is 0 Å². The second-order valence-electron chi connectivity index (χ2n) is 24.9. The predicted octanol–water partition coefficient (Wildman–Crippen LogP) is 22.4. The van der Waals surface area contributed by atoms with Gasteiger partial charge in [0.25, 0.3) is 0 Å². The number of quaternary nitrogens is 1. The first-order chi connectivity index (χ1) is 39.5. The van der Waals surface area contributed by atoms with Gasteiger partial charge in [-0.2, -0.15) is 0 Å². The molecule has 0 saturated heterocycles. The van der Waals surface area contributed by atoms with Crippen molar-refractivity contribution < 1.29 is 42.1 Å². The number of allylic oxidation sites excluding steroid dienone is 8. The molecule has 81 heavy (non-hydrogen) atoms. The van der Waals surface area contributed by atoms with E-state index in [0.29, 0.717) is 23.9 Å². The van der Waals surface area contributed by atoms with Crippen LogP contribution in [-0.4, -0.2) is 74.9 Å². The molecule has 0 aliphatic rings. The van der Waals surface area contributed by atoms with Gasteiger partial charge in [-0.15, -0.1) is 0 Å². The average molecular weight is 1160 g/mol. The fraction of sp³-hybridized carbons (Fsp3) is 0.859. The van der Waals surface area contributed by atoms with Crippen LogP contribution in [0.2, 0.25) is 0 Å². The minimum Gasteiger partial charge on any atom is -0.462 e. The van der Waals surface area contributed by atoms with E-state index >= 15 is 0 Å². The van der Waals surface area contributed by atoms with Crippen LogP contribution < -0.4 is 0 Å². The summed E-state index contributed by atoms with van der Waals surface area (Å²) in [4.78, 5) is 35.9. The summed E-state index contributed by atoms with van der Waals surface area (Å²) in [6, 6.07) is 0. The lowest BCUT2D eigenvalue weighted by Gasteiger charge is -2.24. The van der Waals surface area contributed by atoms with Gasteiger partial charge in [-0.05, 0) is 51.4 Å². The number of ether oxygens (including phenoxy) is 2. The molecule has 0 heterocycles. The van der Waals surface area contributed by atoms with E-state index in [1.165, 1.54) is 250 Å². The van der Waals surface area contributed by atoms with E-state index in [1.807, 2.05) is 21.1 Å². The van der Waals surface area contributed by atoms with Crippen molar-refractivity contribution in [3.63, 3.8) is 0 Å². The molecule has 2 unspecified atom stereocenters. The van der Waals surface area contributed by atoms with Crippen molar-refractivity contribution in [1.29, 1.82) is 0 Å². The molecule has 476 valence electrons. The zero-order chi connectivity index (χ0) is 59.1. The monoisotopic (exact) mass is 1160 g/mol. The van der Waals surface area contributed by atoms with Crippen LogP contribution in [0.15, 0.2) is 48.6 Å². The van der Waals surface area contributed by atoms with E-state index in [4.69, 9.17) is 18.5 Å². The fourth-order valence-corrected chi connectivity index (χ4v) is 11.0. The Bertz CT molecular complexity index is 1510. The van der Waals surface area contributed by atoms with Gasteiger partial charge < -0.3 is 18.9 Å². The van der Waals surface area contributed by atoms with Crippen molar-refractivity contribution in [2.24, 2.45) is 0 Å². The van der Waals surface area contributed by atoms with Gasteiger partial charge in [0.2, 0.25) is 0 Å². The first-order valence-electron chi connectivity index (χ1n) is 34.9. The molecule has 0 spiro atoms. The summed E-state index contributed by atoms with van der Waals surface area (Å²) in [5.74, 6) is -0.776. The molecule has 0 bridgehead atoms. The number of likely N-dealkylation sites (N-methyl/N-ethyl adjacent to an activating group) is 1. The lowest BCUT2D eigenvalue weighted by Crippen LogP contribution is -2.37. The number of phosphoric acid groups is 1. The van der Waals surface area contributed by atoms with Crippen LogP contribution in [0, 0.1) is 0 Å². The van der Waals surface area contributed by atoms with Gasteiger partial charge in [0, 0.05) is 12.8 Å². The van der Waals surface area contributed by atoms with E-state index in [-0.39, 0.29) is 25.6 Å². The van der Waals surface area contributed by atoms with Crippen LogP contribution in [-0.2, 0) is 32.7 Å². The van der Waals surface area contributed by atoms with Crippen LogP contribution in [0.1, 0.15) is 341 Å². The van der Waals surface area contributed by atoms with Crippen LogP contribution in [0.3, 0.4) is 0 Å². The summed E-state index contributed by atoms with van der Waals surface area (Å²) in [7, 11) is 1.50. The molecule has 10 heteroatoms. The molecule has 0 amide bonds. The normalized spacial score (nSPS) is 13.4. The highest BCUT2D eigenvalue weighted by Crippen LogP contribution is 2.43. The van der Waals surface area contributed by atoms with Gasteiger partial charge in [0.1, 0.15) is 19.8 Å². The largest absolute Gasteiger partial charge is 0.472 e. The minimum atomic E-state index is -4.39. The third-order valence-electron chi connectivity index (χ3n) is 15.6. The van der Waals surface area contributed by atoms with Crippen molar-refractivity contribution in [2.45, 2.75) is 347 Å². The van der Waals surface area contributed by atoms with Crippen LogP contribution >= 0.6 is 7.82 Å². The molecular formula is C71H135NO8P+. The Labute approximate surface area is 503 Å². The van der Waals surface area contributed by atoms with E-state index in [2.05, 4.69) is 62.5 Å². The molecule has 0 radical (unpaired) electrons. The summed E-state index contributed by atoms with van der Waals surface area (Å²) < 4.78 is 34.7. The van der Waals surface area contributed by atoms with Crippen molar-refractivity contribution in [3.8, 4) is 0 Å². The number of hydrogen-bond acceptors (Lipinski definition) is 7. The Kier molecular flexibility index (Phi) is 60.9. The lowest BCUT2D eigenvalue weighted by atomic mass is 10.0. The molecule has 0 rings (SSSR count). The van der Waals surface area contributed by atoms with Crippen molar-refractivity contribution in [1.82, 2.24) is 0 Å². The van der Waals surface area contributed by atoms with Crippen molar-refractivity contribution in [2.75, 3.05) is 47.5 Å². The molecule has 0 aromatic rings. The van der Waals surface area contributed by atoms with E-state index < -0.39 is 26.5 Å². The average Bonchev–Trinajstić information content (AvgIpc) is 3.43. The van der Waals surface area contributed by atoms with Crippen LogP contribution in [0.25, 0.3) is 0 Å². The molecule has 0 fully saturated rings. The molecule has 1 N–H and O–H groups in total. The molecule has 0 aliphatic carbocycles. The number of nitrogens with zero attached hydrogens (tertiary/aromatic N) is 1. The third-order valence-corrected chi connectivity index (χ3v) is 16.6. The zero-order valence-electron chi connectivity index (χ0n) is 54.3. The maximum Gasteiger partial charge on any atom is 0.472 e. The van der Waals surface area contributed by atoms with Gasteiger partial charge in [-0.1, -0.05) is 326 Å². The molecule has 0 aliphatic heterocycles. The number of esters is 2. The first-order valence-corrected chi connectivity index (χ1v) is 36.4. The van der Waals surface area contributed by atoms with Gasteiger partial charge in [-0.3, -0.25) is 18.6 Å². The zero-order valence-corrected chi connectivity index (χ0v) is 55.2. The van der Waals surface area contributed by atoms with Gasteiger partial charge in [0.15, 0.2) is 6.10 Å².